The van der Waals surface area contributed by atoms with Crippen LogP contribution in [-0.2, 0) is 0 Å². The summed E-state index contributed by atoms with van der Waals surface area (Å²) in [6.07, 6.45) is 1.79. The molecule has 0 spiro atoms. The van der Waals surface area contributed by atoms with E-state index >= 15 is 0 Å². The van der Waals surface area contributed by atoms with Crippen LogP contribution in [0.5, 0.6) is 0 Å². The van der Waals surface area contributed by atoms with Crippen LogP contribution in [-0.4, -0.2) is 36.1 Å². The van der Waals surface area contributed by atoms with Gasteiger partial charge in [0.15, 0.2) is 0 Å². The summed E-state index contributed by atoms with van der Waals surface area (Å²) < 4.78 is 0. The van der Waals surface area contributed by atoms with Crippen molar-refractivity contribution in [3.63, 3.8) is 0 Å². The Morgan fingerprint density at radius 1 is 1.47 bits per heavy atom. The zero-order valence-corrected chi connectivity index (χ0v) is 8.82. The van der Waals surface area contributed by atoms with Gasteiger partial charge < -0.3 is 10.2 Å². The van der Waals surface area contributed by atoms with E-state index in [0.717, 1.165) is 37.6 Å². The van der Waals surface area contributed by atoms with E-state index in [0.29, 0.717) is 5.95 Å². The predicted molar refractivity (Wildman–Crippen MR) is 59.7 cm³/mol. The zero-order valence-electron chi connectivity index (χ0n) is 8.82. The van der Waals surface area contributed by atoms with Gasteiger partial charge in [0, 0.05) is 37.9 Å². The van der Waals surface area contributed by atoms with E-state index in [1.54, 1.807) is 6.20 Å². The highest BCUT2D eigenvalue weighted by atomic mass is 15.3. The van der Waals surface area contributed by atoms with Crippen LogP contribution in [0, 0.1) is 6.92 Å². The third-order valence-electron chi connectivity index (χ3n) is 2.49. The van der Waals surface area contributed by atoms with Gasteiger partial charge in [-0.15, -0.1) is 0 Å². The fourth-order valence-corrected chi connectivity index (χ4v) is 1.70. The van der Waals surface area contributed by atoms with Gasteiger partial charge in [0.2, 0.25) is 5.95 Å². The van der Waals surface area contributed by atoms with E-state index in [1.807, 2.05) is 6.92 Å². The molecule has 0 unspecified atom stereocenters. The van der Waals surface area contributed by atoms with Crippen molar-refractivity contribution < 1.29 is 0 Å². The molecule has 0 aliphatic carbocycles. The van der Waals surface area contributed by atoms with Gasteiger partial charge in [-0.25, -0.2) is 10.8 Å². The topological polar surface area (TPSA) is 79.1 Å². The van der Waals surface area contributed by atoms with Gasteiger partial charge in [0.1, 0.15) is 5.82 Å². The normalized spacial score (nSPS) is 16.5. The van der Waals surface area contributed by atoms with E-state index in [9.17, 15) is 0 Å². The SMILES string of the molecule is Cc1cnc(NN)nc1N1CCNCC1. The van der Waals surface area contributed by atoms with Crippen LogP contribution in [0.1, 0.15) is 5.56 Å². The van der Waals surface area contributed by atoms with Gasteiger partial charge >= 0.3 is 0 Å². The lowest BCUT2D eigenvalue weighted by molar-refractivity contribution is 0.583. The number of nitrogens with two attached hydrogens (primary N) is 1. The predicted octanol–water partition coefficient (Wildman–Crippen LogP) is -0.520. The van der Waals surface area contributed by atoms with Crippen LogP contribution in [0.2, 0.25) is 0 Å². The molecule has 1 aromatic heterocycles. The first kappa shape index (κ1) is 10.1. The van der Waals surface area contributed by atoms with Crippen LogP contribution in [0.15, 0.2) is 6.20 Å². The Balaban J connectivity index is 2.24. The highest BCUT2D eigenvalue weighted by Crippen LogP contribution is 2.17. The highest BCUT2D eigenvalue weighted by molar-refractivity contribution is 5.49. The molecule has 0 radical (unpaired) electrons. The zero-order chi connectivity index (χ0) is 10.7. The molecule has 15 heavy (non-hydrogen) atoms. The fourth-order valence-electron chi connectivity index (χ4n) is 1.70. The van der Waals surface area contributed by atoms with E-state index in [-0.39, 0.29) is 0 Å². The first-order valence-electron chi connectivity index (χ1n) is 5.07. The lowest BCUT2D eigenvalue weighted by Crippen LogP contribution is -2.44. The van der Waals surface area contributed by atoms with Crippen LogP contribution in [0.4, 0.5) is 11.8 Å². The van der Waals surface area contributed by atoms with Crippen molar-refractivity contribution in [1.29, 1.82) is 0 Å². The maximum Gasteiger partial charge on any atom is 0.239 e. The number of hydrogen-bond donors (Lipinski definition) is 3. The number of nitrogens with zero attached hydrogens (tertiary/aromatic N) is 3. The summed E-state index contributed by atoms with van der Waals surface area (Å²) in [5, 5.41) is 3.31. The van der Waals surface area contributed by atoms with Gasteiger partial charge in [0.25, 0.3) is 0 Å². The van der Waals surface area contributed by atoms with Gasteiger partial charge in [-0.05, 0) is 6.92 Å². The van der Waals surface area contributed by atoms with Gasteiger partial charge in [-0.2, -0.15) is 4.98 Å². The third-order valence-corrected chi connectivity index (χ3v) is 2.49. The van der Waals surface area contributed by atoms with Crippen molar-refractivity contribution in [1.82, 2.24) is 15.3 Å². The quantitative estimate of drug-likeness (QED) is 0.448. The van der Waals surface area contributed by atoms with E-state index in [2.05, 4.69) is 25.6 Å². The largest absolute Gasteiger partial charge is 0.354 e. The molecule has 1 aliphatic heterocycles. The molecule has 6 nitrogen and oxygen atoms in total. The number of aromatic nitrogens is 2. The average Bonchev–Trinajstić information content (AvgIpc) is 2.31. The molecule has 0 amide bonds. The minimum Gasteiger partial charge on any atom is -0.354 e. The summed E-state index contributed by atoms with van der Waals surface area (Å²) in [6, 6.07) is 0. The minimum atomic E-state index is 0.467. The van der Waals surface area contributed by atoms with Crippen LogP contribution >= 0.6 is 0 Å². The average molecular weight is 208 g/mol. The Labute approximate surface area is 88.9 Å². The second-order valence-electron chi connectivity index (χ2n) is 3.58. The van der Waals surface area contributed by atoms with Gasteiger partial charge in [-0.3, -0.25) is 5.43 Å². The molecule has 0 bridgehead atoms. The summed E-state index contributed by atoms with van der Waals surface area (Å²) in [5.41, 5.74) is 3.55. The number of hydrogen-bond acceptors (Lipinski definition) is 6. The molecule has 4 N–H and O–H groups in total. The monoisotopic (exact) mass is 208 g/mol. The molecule has 0 saturated carbocycles. The number of aryl methyl sites for hydroxylation is 1. The molecule has 0 aromatic carbocycles. The summed E-state index contributed by atoms with van der Waals surface area (Å²) in [7, 11) is 0. The molecule has 2 heterocycles. The van der Waals surface area contributed by atoms with Crippen molar-refractivity contribution in [2.75, 3.05) is 36.5 Å². The first-order chi connectivity index (χ1) is 7.31. The van der Waals surface area contributed by atoms with Crippen molar-refractivity contribution in [3.8, 4) is 0 Å². The lowest BCUT2D eigenvalue weighted by atomic mass is 10.3. The number of anilines is 2. The van der Waals surface area contributed by atoms with Crippen LogP contribution in [0.25, 0.3) is 0 Å². The Hall–Kier alpha value is -1.40. The van der Waals surface area contributed by atoms with Gasteiger partial charge in [0.05, 0.1) is 0 Å². The second-order valence-corrected chi connectivity index (χ2v) is 3.58. The molecule has 1 aromatic rings. The summed E-state index contributed by atoms with van der Waals surface area (Å²) >= 11 is 0. The molecule has 1 aliphatic rings. The maximum absolute atomic E-state index is 5.29. The number of rotatable bonds is 2. The maximum atomic E-state index is 5.29. The van der Waals surface area contributed by atoms with Crippen molar-refractivity contribution in [3.05, 3.63) is 11.8 Å². The first-order valence-corrected chi connectivity index (χ1v) is 5.07. The molecule has 2 rings (SSSR count). The standard InChI is InChI=1S/C9H16N6/c1-7-6-12-9(14-10)13-8(7)15-4-2-11-3-5-15/h6,11H,2-5,10H2,1H3,(H,12,13,14). The Morgan fingerprint density at radius 3 is 2.87 bits per heavy atom. The smallest absolute Gasteiger partial charge is 0.239 e. The van der Waals surface area contributed by atoms with Crippen LogP contribution in [0.3, 0.4) is 0 Å². The highest BCUT2D eigenvalue weighted by Gasteiger charge is 2.14. The van der Waals surface area contributed by atoms with Crippen LogP contribution < -0.4 is 21.5 Å². The number of nitrogen functional groups attached to an aromatic ring is 1. The molecule has 1 saturated heterocycles. The fraction of sp³-hybridized carbons (Fsp3) is 0.556. The van der Waals surface area contributed by atoms with Gasteiger partial charge in [-0.1, -0.05) is 0 Å². The second kappa shape index (κ2) is 4.41. The summed E-state index contributed by atoms with van der Waals surface area (Å²) in [5.74, 6) is 6.73. The summed E-state index contributed by atoms with van der Waals surface area (Å²) in [4.78, 5) is 10.7. The summed E-state index contributed by atoms with van der Waals surface area (Å²) in [6.45, 7) is 5.95. The Kier molecular flexibility index (Phi) is 2.98. The molecule has 82 valence electrons. The van der Waals surface area contributed by atoms with Crippen molar-refractivity contribution >= 4 is 11.8 Å². The van der Waals surface area contributed by atoms with E-state index in [1.165, 1.54) is 0 Å². The van der Waals surface area contributed by atoms with Crippen molar-refractivity contribution in [2.24, 2.45) is 5.84 Å². The molecule has 1 fully saturated rings. The number of nitrogens with one attached hydrogen (secondary N) is 2. The minimum absolute atomic E-state index is 0.467. The molecular weight excluding hydrogens is 192 g/mol. The molecular formula is C9H16N6. The molecule has 0 atom stereocenters. The lowest BCUT2D eigenvalue weighted by Gasteiger charge is -2.29. The molecule has 6 heteroatoms. The number of hydrazine groups is 1. The van der Waals surface area contributed by atoms with E-state index in [4.69, 9.17) is 5.84 Å². The number of piperazine rings is 1. The third kappa shape index (κ3) is 2.16. The van der Waals surface area contributed by atoms with E-state index < -0.39 is 0 Å². The Morgan fingerprint density at radius 2 is 2.20 bits per heavy atom. The Bertz CT molecular complexity index is 333. The van der Waals surface area contributed by atoms with Crippen molar-refractivity contribution in [2.45, 2.75) is 6.92 Å².